The van der Waals surface area contributed by atoms with Crippen LogP contribution in [0, 0.1) is 5.82 Å². The maximum atomic E-state index is 12.7. The molecule has 1 N–H and O–H groups in total. The smallest absolute Gasteiger partial charge is 0.316 e. The molecule has 2 rings (SSSR count). The molecule has 0 aliphatic rings. The summed E-state index contributed by atoms with van der Waals surface area (Å²) in [4.78, 5) is 10.7. The van der Waals surface area contributed by atoms with Crippen molar-refractivity contribution in [2.24, 2.45) is 0 Å². The van der Waals surface area contributed by atoms with Crippen LogP contribution in [-0.4, -0.2) is 26.5 Å². The van der Waals surface area contributed by atoms with Crippen LogP contribution in [0.4, 0.5) is 4.39 Å². The lowest BCUT2D eigenvalue weighted by Crippen LogP contribution is -2.10. The standard InChI is InChI=1S/C11H9FN2O3S/c1-6(10(15)16)18-11-14-13-9(17-11)7-2-4-8(12)5-3-7/h2-6H,1H3,(H,15,16)/t6-/m0/s1. The van der Waals surface area contributed by atoms with Crippen LogP contribution in [-0.2, 0) is 4.79 Å². The summed E-state index contributed by atoms with van der Waals surface area (Å²) in [6, 6.07) is 5.59. The van der Waals surface area contributed by atoms with Crippen LogP contribution in [0.25, 0.3) is 11.5 Å². The number of rotatable bonds is 4. The molecular weight excluding hydrogens is 259 g/mol. The molecule has 0 aliphatic heterocycles. The van der Waals surface area contributed by atoms with Crippen LogP contribution in [0.15, 0.2) is 33.9 Å². The van der Waals surface area contributed by atoms with Crippen molar-refractivity contribution in [2.75, 3.05) is 0 Å². The number of hydrogen-bond donors (Lipinski definition) is 1. The van der Waals surface area contributed by atoms with Gasteiger partial charge >= 0.3 is 5.97 Å². The van der Waals surface area contributed by atoms with E-state index in [9.17, 15) is 9.18 Å². The molecular formula is C11H9FN2O3S. The number of aromatic nitrogens is 2. The second kappa shape index (κ2) is 5.18. The quantitative estimate of drug-likeness (QED) is 0.858. The first-order valence-electron chi connectivity index (χ1n) is 5.05. The van der Waals surface area contributed by atoms with Crippen molar-refractivity contribution >= 4 is 17.7 Å². The van der Waals surface area contributed by atoms with Crippen LogP contribution < -0.4 is 0 Å². The summed E-state index contributed by atoms with van der Waals surface area (Å²) in [6.07, 6.45) is 0. The minimum atomic E-state index is -0.957. The molecule has 1 heterocycles. The summed E-state index contributed by atoms with van der Waals surface area (Å²) < 4.78 is 18.0. The second-order valence-electron chi connectivity index (χ2n) is 3.48. The van der Waals surface area contributed by atoms with E-state index in [0.29, 0.717) is 5.56 Å². The van der Waals surface area contributed by atoms with Crippen molar-refractivity contribution < 1.29 is 18.7 Å². The fourth-order valence-electron chi connectivity index (χ4n) is 1.17. The summed E-state index contributed by atoms with van der Waals surface area (Å²) in [5.74, 6) is -1.08. The molecule has 0 unspecified atom stereocenters. The Balaban J connectivity index is 2.15. The molecule has 5 nitrogen and oxygen atoms in total. The zero-order chi connectivity index (χ0) is 13.1. The minimum Gasteiger partial charge on any atom is -0.480 e. The van der Waals surface area contributed by atoms with E-state index in [1.807, 2.05) is 0 Å². The molecule has 0 radical (unpaired) electrons. The lowest BCUT2D eigenvalue weighted by atomic mass is 10.2. The largest absolute Gasteiger partial charge is 0.480 e. The Morgan fingerprint density at radius 2 is 2.06 bits per heavy atom. The van der Waals surface area contributed by atoms with Crippen molar-refractivity contribution in [1.29, 1.82) is 0 Å². The molecule has 18 heavy (non-hydrogen) atoms. The van der Waals surface area contributed by atoms with E-state index < -0.39 is 11.2 Å². The van der Waals surface area contributed by atoms with Gasteiger partial charge in [0.2, 0.25) is 5.89 Å². The van der Waals surface area contributed by atoms with Gasteiger partial charge in [-0.2, -0.15) is 0 Å². The third-order valence-electron chi connectivity index (χ3n) is 2.12. The van der Waals surface area contributed by atoms with E-state index in [2.05, 4.69) is 10.2 Å². The molecule has 7 heteroatoms. The molecule has 0 bridgehead atoms. The Hall–Kier alpha value is -1.89. The molecule has 0 aliphatic carbocycles. The van der Waals surface area contributed by atoms with Gasteiger partial charge in [0.15, 0.2) is 0 Å². The predicted octanol–water partition coefficient (Wildman–Crippen LogP) is 2.44. The van der Waals surface area contributed by atoms with Crippen LogP contribution in [0.3, 0.4) is 0 Å². The van der Waals surface area contributed by atoms with Gasteiger partial charge in [0, 0.05) is 5.56 Å². The fourth-order valence-corrected chi connectivity index (χ4v) is 1.79. The fraction of sp³-hybridized carbons (Fsp3) is 0.182. The average molecular weight is 268 g/mol. The van der Waals surface area contributed by atoms with Crippen molar-refractivity contribution in [2.45, 2.75) is 17.4 Å². The number of thioether (sulfide) groups is 1. The summed E-state index contributed by atoms with van der Waals surface area (Å²) in [7, 11) is 0. The highest BCUT2D eigenvalue weighted by Gasteiger charge is 2.17. The molecule has 0 saturated carbocycles. The number of carbonyl (C=O) groups is 1. The summed E-state index contributed by atoms with van der Waals surface area (Å²) >= 11 is 0.956. The number of halogens is 1. The van der Waals surface area contributed by atoms with Crippen LogP contribution in [0.1, 0.15) is 6.92 Å². The van der Waals surface area contributed by atoms with Crippen LogP contribution >= 0.6 is 11.8 Å². The van der Waals surface area contributed by atoms with Gasteiger partial charge < -0.3 is 9.52 Å². The molecule has 1 aromatic carbocycles. The highest BCUT2D eigenvalue weighted by Crippen LogP contribution is 2.26. The lowest BCUT2D eigenvalue weighted by molar-refractivity contribution is -0.136. The van der Waals surface area contributed by atoms with Gasteiger partial charge in [0.05, 0.1) is 0 Å². The Morgan fingerprint density at radius 1 is 1.39 bits per heavy atom. The van der Waals surface area contributed by atoms with E-state index >= 15 is 0 Å². The Bertz CT molecular complexity index is 556. The van der Waals surface area contributed by atoms with Crippen molar-refractivity contribution in [3.05, 3.63) is 30.1 Å². The predicted molar refractivity (Wildman–Crippen MR) is 62.6 cm³/mol. The second-order valence-corrected chi connectivity index (χ2v) is 4.77. The molecule has 0 amide bonds. The van der Waals surface area contributed by atoms with E-state index in [-0.39, 0.29) is 16.9 Å². The highest BCUT2D eigenvalue weighted by molar-refractivity contribution is 8.00. The van der Waals surface area contributed by atoms with Crippen molar-refractivity contribution in [1.82, 2.24) is 10.2 Å². The van der Waals surface area contributed by atoms with Crippen LogP contribution in [0.5, 0.6) is 0 Å². The average Bonchev–Trinajstić information content (AvgIpc) is 2.78. The monoisotopic (exact) mass is 268 g/mol. The van der Waals surface area contributed by atoms with Gasteiger partial charge in [-0.1, -0.05) is 11.8 Å². The van der Waals surface area contributed by atoms with Gasteiger partial charge in [-0.15, -0.1) is 10.2 Å². The number of nitrogens with zero attached hydrogens (tertiary/aromatic N) is 2. The van der Waals surface area contributed by atoms with Crippen molar-refractivity contribution in [3.63, 3.8) is 0 Å². The van der Waals surface area contributed by atoms with Gasteiger partial charge in [0.25, 0.3) is 5.22 Å². The molecule has 0 spiro atoms. The SMILES string of the molecule is C[C@H](Sc1nnc(-c2ccc(F)cc2)o1)C(=O)O. The van der Waals surface area contributed by atoms with Crippen molar-refractivity contribution in [3.8, 4) is 11.5 Å². The third-order valence-corrected chi connectivity index (χ3v) is 3.04. The molecule has 0 saturated heterocycles. The highest BCUT2D eigenvalue weighted by atomic mass is 32.2. The van der Waals surface area contributed by atoms with Crippen LogP contribution in [0.2, 0.25) is 0 Å². The molecule has 1 atom stereocenters. The lowest BCUT2D eigenvalue weighted by Gasteiger charge is -1.99. The summed E-state index contributed by atoms with van der Waals surface area (Å²) in [6.45, 7) is 1.52. The molecule has 1 aromatic heterocycles. The number of hydrogen-bond acceptors (Lipinski definition) is 5. The first-order valence-corrected chi connectivity index (χ1v) is 5.93. The summed E-state index contributed by atoms with van der Waals surface area (Å²) in [5.41, 5.74) is 0.582. The van der Waals surface area contributed by atoms with Gasteiger partial charge in [0.1, 0.15) is 11.1 Å². The number of carboxylic acid groups (broad SMARTS) is 1. The Morgan fingerprint density at radius 3 is 2.67 bits per heavy atom. The molecule has 0 fully saturated rings. The van der Waals surface area contributed by atoms with E-state index in [0.717, 1.165) is 11.8 Å². The van der Waals surface area contributed by atoms with Gasteiger partial charge in [-0.05, 0) is 31.2 Å². The van der Waals surface area contributed by atoms with E-state index in [4.69, 9.17) is 9.52 Å². The normalized spacial score (nSPS) is 12.3. The summed E-state index contributed by atoms with van der Waals surface area (Å²) in [5, 5.41) is 15.7. The topological polar surface area (TPSA) is 76.2 Å². The zero-order valence-electron chi connectivity index (χ0n) is 9.33. The zero-order valence-corrected chi connectivity index (χ0v) is 10.1. The van der Waals surface area contributed by atoms with Gasteiger partial charge in [-0.25, -0.2) is 4.39 Å². The maximum Gasteiger partial charge on any atom is 0.316 e. The van der Waals surface area contributed by atoms with Gasteiger partial charge in [-0.3, -0.25) is 4.79 Å². The first-order chi connectivity index (χ1) is 8.56. The maximum absolute atomic E-state index is 12.7. The first kappa shape index (κ1) is 12.6. The number of aliphatic carboxylic acids is 1. The number of carboxylic acids is 1. The van der Waals surface area contributed by atoms with E-state index in [1.54, 1.807) is 0 Å². The third kappa shape index (κ3) is 2.86. The minimum absolute atomic E-state index is 0.171. The Labute approximate surface area is 106 Å². The van der Waals surface area contributed by atoms with E-state index in [1.165, 1.54) is 31.2 Å². The molecule has 94 valence electrons. The number of benzene rings is 1. The Kier molecular flexibility index (Phi) is 3.61. The molecule has 2 aromatic rings.